The van der Waals surface area contributed by atoms with E-state index in [0.29, 0.717) is 15.6 Å². The van der Waals surface area contributed by atoms with Gasteiger partial charge in [0.05, 0.1) is 16.4 Å². The maximum atomic E-state index is 12.0. The molecule has 1 aromatic carbocycles. The zero-order valence-corrected chi connectivity index (χ0v) is 11.8. The van der Waals surface area contributed by atoms with Gasteiger partial charge in [0.2, 0.25) is 0 Å². The number of anilines is 2. The van der Waals surface area contributed by atoms with Crippen LogP contribution in [0.5, 0.6) is 0 Å². The molecule has 19 heavy (non-hydrogen) atoms. The van der Waals surface area contributed by atoms with E-state index in [9.17, 15) is 8.42 Å². The van der Waals surface area contributed by atoms with E-state index in [4.69, 9.17) is 22.6 Å². The van der Waals surface area contributed by atoms with Crippen LogP contribution < -0.4 is 10.5 Å². The third-order valence-corrected chi connectivity index (χ3v) is 5.41. The van der Waals surface area contributed by atoms with Crippen LogP contribution in [0.1, 0.15) is 4.88 Å². The van der Waals surface area contributed by atoms with E-state index in [1.54, 1.807) is 0 Å². The van der Waals surface area contributed by atoms with Crippen molar-refractivity contribution in [2.45, 2.75) is 4.21 Å². The highest BCUT2D eigenvalue weighted by Crippen LogP contribution is 2.26. The zero-order valence-electron chi connectivity index (χ0n) is 9.42. The summed E-state index contributed by atoms with van der Waals surface area (Å²) < 4.78 is 26.5. The number of thiophene rings is 1. The Bertz CT molecular complexity index is 762. The van der Waals surface area contributed by atoms with Crippen molar-refractivity contribution in [1.82, 2.24) is 0 Å². The van der Waals surface area contributed by atoms with Crippen molar-refractivity contribution in [3.8, 4) is 6.07 Å². The molecule has 0 aliphatic carbocycles. The fourth-order valence-electron chi connectivity index (χ4n) is 1.34. The van der Waals surface area contributed by atoms with E-state index < -0.39 is 10.0 Å². The largest absolute Gasteiger partial charge is 0.397 e. The van der Waals surface area contributed by atoms with Crippen LogP contribution in [0.3, 0.4) is 0 Å². The summed E-state index contributed by atoms with van der Waals surface area (Å²) in [7, 11) is -3.71. The summed E-state index contributed by atoms with van der Waals surface area (Å²) in [6.45, 7) is 0. The third kappa shape index (κ3) is 2.98. The summed E-state index contributed by atoms with van der Waals surface area (Å²) in [6, 6.07) is 9.16. The number of benzene rings is 1. The van der Waals surface area contributed by atoms with Crippen molar-refractivity contribution in [2.75, 3.05) is 10.5 Å². The van der Waals surface area contributed by atoms with Gasteiger partial charge in [0.15, 0.2) is 0 Å². The number of sulfonamides is 1. The number of nitrogen functional groups attached to an aromatic ring is 1. The summed E-state index contributed by atoms with van der Waals surface area (Å²) in [5.41, 5.74) is 6.19. The maximum absolute atomic E-state index is 12.0. The van der Waals surface area contributed by atoms with Gasteiger partial charge in [-0.3, -0.25) is 4.72 Å². The summed E-state index contributed by atoms with van der Waals surface area (Å²) >= 11 is 6.65. The molecule has 8 heteroatoms. The van der Waals surface area contributed by atoms with E-state index in [2.05, 4.69) is 4.72 Å². The number of nitriles is 1. The minimum absolute atomic E-state index is 0.0672. The van der Waals surface area contributed by atoms with Crippen LogP contribution >= 0.6 is 22.9 Å². The molecular weight excluding hydrogens is 306 g/mol. The smallest absolute Gasteiger partial charge is 0.271 e. The van der Waals surface area contributed by atoms with Gasteiger partial charge >= 0.3 is 0 Å². The van der Waals surface area contributed by atoms with Crippen molar-refractivity contribution in [3.63, 3.8) is 0 Å². The second kappa shape index (κ2) is 5.09. The molecule has 0 bridgehead atoms. The second-order valence-electron chi connectivity index (χ2n) is 3.57. The molecule has 1 heterocycles. The van der Waals surface area contributed by atoms with Crippen LogP contribution in [0.4, 0.5) is 11.4 Å². The molecule has 0 amide bonds. The number of nitrogens with zero attached hydrogens (tertiary/aromatic N) is 1. The van der Waals surface area contributed by atoms with Crippen molar-refractivity contribution in [2.24, 2.45) is 0 Å². The average Bonchev–Trinajstić information content (AvgIpc) is 2.83. The van der Waals surface area contributed by atoms with E-state index in [-0.39, 0.29) is 9.90 Å². The van der Waals surface area contributed by atoms with Gasteiger partial charge in [-0.1, -0.05) is 11.6 Å². The highest BCUT2D eigenvalue weighted by molar-refractivity contribution is 7.94. The van der Waals surface area contributed by atoms with Crippen LogP contribution in [-0.2, 0) is 10.0 Å². The summed E-state index contributed by atoms with van der Waals surface area (Å²) in [5, 5.41) is 9.04. The molecular formula is C11H8ClN3O2S2. The molecule has 0 saturated carbocycles. The molecule has 0 aliphatic rings. The minimum atomic E-state index is -3.71. The first-order valence-corrected chi connectivity index (χ1v) is 7.68. The van der Waals surface area contributed by atoms with Crippen LogP contribution in [0.25, 0.3) is 0 Å². The normalized spacial score (nSPS) is 10.9. The number of hydrogen-bond acceptors (Lipinski definition) is 5. The molecule has 0 spiro atoms. The van der Waals surface area contributed by atoms with E-state index in [0.717, 1.165) is 11.3 Å². The van der Waals surface area contributed by atoms with Gasteiger partial charge in [0.25, 0.3) is 10.0 Å². The number of hydrogen-bond donors (Lipinski definition) is 2. The number of nitrogens with two attached hydrogens (primary N) is 1. The standard InChI is InChI=1S/C11H8ClN3O2S2/c12-9-3-1-7(5-10(9)14)15-19(16,17)11-4-2-8(6-13)18-11/h1-5,15H,14H2. The van der Waals surface area contributed by atoms with Gasteiger partial charge in [-0.05, 0) is 30.3 Å². The highest BCUT2D eigenvalue weighted by Gasteiger charge is 2.17. The molecule has 98 valence electrons. The first-order valence-electron chi connectivity index (χ1n) is 5.00. The predicted octanol–water partition coefficient (Wildman–Crippen LogP) is 2.66. The van der Waals surface area contributed by atoms with E-state index in [1.165, 1.54) is 30.3 Å². The van der Waals surface area contributed by atoms with Gasteiger partial charge in [-0.15, -0.1) is 11.3 Å². The Balaban J connectivity index is 2.31. The molecule has 0 unspecified atom stereocenters. The Morgan fingerprint density at radius 3 is 2.63 bits per heavy atom. The van der Waals surface area contributed by atoms with E-state index in [1.807, 2.05) is 6.07 Å². The molecule has 0 aliphatic heterocycles. The lowest BCUT2D eigenvalue weighted by atomic mass is 10.3. The lowest BCUT2D eigenvalue weighted by molar-refractivity contribution is 0.603. The Morgan fingerprint density at radius 1 is 1.32 bits per heavy atom. The van der Waals surface area contributed by atoms with Crippen LogP contribution in [0, 0.1) is 11.3 Å². The SMILES string of the molecule is N#Cc1ccc(S(=O)(=O)Nc2ccc(Cl)c(N)c2)s1. The van der Waals surface area contributed by atoms with Gasteiger partial charge in [-0.25, -0.2) is 8.42 Å². The molecule has 3 N–H and O–H groups in total. The van der Waals surface area contributed by atoms with E-state index >= 15 is 0 Å². The molecule has 0 atom stereocenters. The fourth-order valence-corrected chi connectivity index (χ4v) is 3.61. The minimum Gasteiger partial charge on any atom is -0.397 e. The second-order valence-corrected chi connectivity index (χ2v) is 6.97. The quantitative estimate of drug-likeness (QED) is 0.851. The monoisotopic (exact) mass is 313 g/mol. The molecule has 0 saturated heterocycles. The van der Waals surface area contributed by atoms with Crippen LogP contribution in [-0.4, -0.2) is 8.42 Å². The van der Waals surface area contributed by atoms with Crippen LogP contribution in [0.2, 0.25) is 5.02 Å². The molecule has 5 nitrogen and oxygen atoms in total. The van der Waals surface area contributed by atoms with Gasteiger partial charge in [0, 0.05) is 0 Å². The molecule has 2 aromatic rings. The Labute approximate surface area is 119 Å². The number of halogens is 1. The summed E-state index contributed by atoms with van der Waals surface area (Å²) in [6.07, 6.45) is 0. The summed E-state index contributed by atoms with van der Waals surface area (Å²) in [5.74, 6) is 0. The fraction of sp³-hybridized carbons (Fsp3) is 0. The zero-order chi connectivity index (χ0) is 14.0. The Morgan fingerprint density at radius 2 is 2.05 bits per heavy atom. The van der Waals surface area contributed by atoms with Crippen LogP contribution in [0.15, 0.2) is 34.5 Å². The maximum Gasteiger partial charge on any atom is 0.271 e. The Kier molecular flexibility index (Phi) is 3.66. The van der Waals surface area contributed by atoms with Gasteiger partial charge < -0.3 is 5.73 Å². The summed E-state index contributed by atoms with van der Waals surface area (Å²) in [4.78, 5) is 0.330. The number of nitrogens with one attached hydrogen (secondary N) is 1. The number of rotatable bonds is 3. The van der Waals surface area contributed by atoms with Crippen molar-refractivity contribution in [3.05, 3.63) is 40.2 Å². The Hall–Kier alpha value is -1.75. The molecule has 2 rings (SSSR count). The first-order chi connectivity index (χ1) is 8.92. The third-order valence-electron chi connectivity index (χ3n) is 2.20. The lowest BCUT2D eigenvalue weighted by Crippen LogP contribution is -2.11. The van der Waals surface area contributed by atoms with Crippen molar-refractivity contribution in [1.29, 1.82) is 5.26 Å². The first kappa shape index (κ1) is 13.7. The predicted molar refractivity (Wildman–Crippen MR) is 75.7 cm³/mol. The molecule has 1 aromatic heterocycles. The molecule has 0 radical (unpaired) electrons. The molecule has 0 fully saturated rings. The lowest BCUT2D eigenvalue weighted by Gasteiger charge is -2.07. The van der Waals surface area contributed by atoms with Gasteiger partial charge in [-0.2, -0.15) is 5.26 Å². The van der Waals surface area contributed by atoms with Crippen molar-refractivity contribution >= 4 is 44.3 Å². The highest BCUT2D eigenvalue weighted by atomic mass is 35.5. The van der Waals surface area contributed by atoms with Gasteiger partial charge in [0.1, 0.15) is 15.2 Å². The average molecular weight is 314 g/mol. The van der Waals surface area contributed by atoms with Crippen molar-refractivity contribution < 1.29 is 8.42 Å². The topological polar surface area (TPSA) is 96.0 Å².